The standard InChI is InChI=1S/C12H15ClFNOS/c1-12(2)7-17(16)6-11(15-12)8-3-4-10(14)9(13)5-8/h3-5,11,15H,6-7H2,1-2H3. The summed E-state index contributed by atoms with van der Waals surface area (Å²) in [5.74, 6) is 0.760. The summed E-state index contributed by atoms with van der Waals surface area (Å²) in [6, 6.07) is 4.62. The van der Waals surface area contributed by atoms with Crippen LogP contribution in [0.25, 0.3) is 0 Å². The quantitative estimate of drug-likeness (QED) is 0.854. The minimum absolute atomic E-state index is 0.0299. The molecule has 0 radical (unpaired) electrons. The van der Waals surface area contributed by atoms with Gasteiger partial charge in [0, 0.05) is 33.9 Å². The number of hydrogen-bond donors (Lipinski definition) is 1. The average molecular weight is 276 g/mol. The topological polar surface area (TPSA) is 29.1 Å². The number of nitrogens with one attached hydrogen (secondary N) is 1. The fourth-order valence-corrected chi connectivity index (χ4v) is 3.95. The van der Waals surface area contributed by atoms with Gasteiger partial charge in [-0.1, -0.05) is 17.7 Å². The highest BCUT2D eigenvalue weighted by molar-refractivity contribution is 7.85. The van der Waals surface area contributed by atoms with E-state index in [-0.39, 0.29) is 16.6 Å². The smallest absolute Gasteiger partial charge is 0.141 e. The molecule has 2 rings (SSSR count). The lowest BCUT2D eigenvalue weighted by Crippen LogP contribution is -2.52. The Labute approximate surface area is 108 Å². The molecule has 17 heavy (non-hydrogen) atoms. The zero-order valence-corrected chi connectivity index (χ0v) is 11.4. The first kappa shape index (κ1) is 13.0. The molecule has 0 spiro atoms. The summed E-state index contributed by atoms with van der Waals surface area (Å²) in [5.41, 5.74) is 0.715. The van der Waals surface area contributed by atoms with Gasteiger partial charge in [0.15, 0.2) is 0 Å². The monoisotopic (exact) mass is 275 g/mol. The van der Waals surface area contributed by atoms with Crippen molar-refractivity contribution in [3.05, 3.63) is 34.6 Å². The molecule has 0 bridgehead atoms. The van der Waals surface area contributed by atoms with E-state index in [1.165, 1.54) is 6.07 Å². The molecule has 1 N–H and O–H groups in total. The van der Waals surface area contributed by atoms with Crippen molar-refractivity contribution < 1.29 is 8.60 Å². The Morgan fingerprint density at radius 2 is 2.24 bits per heavy atom. The van der Waals surface area contributed by atoms with Crippen LogP contribution in [0.3, 0.4) is 0 Å². The number of hydrogen-bond acceptors (Lipinski definition) is 2. The van der Waals surface area contributed by atoms with E-state index in [1.807, 2.05) is 13.8 Å². The molecule has 1 fully saturated rings. The van der Waals surface area contributed by atoms with Crippen molar-refractivity contribution in [3.8, 4) is 0 Å². The molecule has 1 aliphatic rings. The maximum absolute atomic E-state index is 13.1. The summed E-state index contributed by atoms with van der Waals surface area (Å²) in [6.45, 7) is 4.03. The molecule has 1 saturated heterocycles. The Bertz CT molecular complexity index is 464. The van der Waals surface area contributed by atoms with Gasteiger partial charge in [0.25, 0.3) is 0 Å². The minimum atomic E-state index is -0.852. The lowest BCUT2D eigenvalue weighted by atomic mass is 10.0. The van der Waals surface area contributed by atoms with E-state index in [0.717, 1.165) is 5.56 Å². The minimum Gasteiger partial charge on any atom is -0.303 e. The molecule has 0 saturated carbocycles. The SMILES string of the molecule is CC1(C)CS(=O)CC(c2ccc(F)c(Cl)c2)N1. The Hall–Kier alpha value is -0.450. The Morgan fingerprint density at radius 3 is 2.82 bits per heavy atom. The molecule has 1 heterocycles. The van der Waals surface area contributed by atoms with Crippen molar-refractivity contribution in [3.63, 3.8) is 0 Å². The first-order valence-corrected chi connectivity index (χ1v) is 7.32. The van der Waals surface area contributed by atoms with Gasteiger partial charge >= 0.3 is 0 Å². The summed E-state index contributed by atoms with van der Waals surface area (Å²) < 4.78 is 24.9. The highest BCUT2D eigenvalue weighted by Gasteiger charge is 2.32. The molecule has 0 aliphatic carbocycles. The van der Waals surface area contributed by atoms with Crippen molar-refractivity contribution in [1.29, 1.82) is 0 Å². The van der Waals surface area contributed by atoms with Crippen LogP contribution >= 0.6 is 11.6 Å². The van der Waals surface area contributed by atoms with Crippen LogP contribution in [0.5, 0.6) is 0 Å². The highest BCUT2D eigenvalue weighted by atomic mass is 35.5. The maximum atomic E-state index is 13.1. The second-order valence-electron chi connectivity index (χ2n) is 5.01. The lowest BCUT2D eigenvalue weighted by molar-refractivity contribution is 0.369. The van der Waals surface area contributed by atoms with E-state index in [9.17, 15) is 8.60 Å². The third-order valence-electron chi connectivity index (χ3n) is 2.79. The predicted molar refractivity (Wildman–Crippen MR) is 69.2 cm³/mol. The number of benzene rings is 1. The van der Waals surface area contributed by atoms with Crippen molar-refractivity contribution in [2.75, 3.05) is 11.5 Å². The lowest BCUT2D eigenvalue weighted by Gasteiger charge is -2.36. The van der Waals surface area contributed by atoms with Gasteiger partial charge in [-0.15, -0.1) is 0 Å². The Morgan fingerprint density at radius 1 is 1.53 bits per heavy atom. The molecule has 94 valence electrons. The Balaban J connectivity index is 2.27. The molecule has 5 heteroatoms. The summed E-state index contributed by atoms with van der Waals surface area (Å²) in [7, 11) is -0.852. The van der Waals surface area contributed by atoms with Crippen LogP contribution in [0, 0.1) is 5.82 Å². The van der Waals surface area contributed by atoms with Gasteiger partial charge in [-0.05, 0) is 31.5 Å². The molecule has 1 aromatic rings. The van der Waals surface area contributed by atoms with E-state index in [1.54, 1.807) is 12.1 Å². The molecule has 2 nitrogen and oxygen atoms in total. The van der Waals surface area contributed by atoms with Gasteiger partial charge in [0.2, 0.25) is 0 Å². The first-order valence-electron chi connectivity index (χ1n) is 5.45. The van der Waals surface area contributed by atoms with Crippen LogP contribution in [-0.2, 0) is 10.8 Å². The van der Waals surface area contributed by atoms with Gasteiger partial charge in [-0.3, -0.25) is 4.21 Å². The molecule has 2 unspecified atom stereocenters. The van der Waals surface area contributed by atoms with Gasteiger partial charge < -0.3 is 5.32 Å². The molecule has 1 aromatic carbocycles. The van der Waals surface area contributed by atoms with Crippen LogP contribution in [-0.4, -0.2) is 21.3 Å². The largest absolute Gasteiger partial charge is 0.303 e. The zero-order valence-electron chi connectivity index (χ0n) is 9.80. The highest BCUT2D eigenvalue weighted by Crippen LogP contribution is 2.26. The molecule has 0 amide bonds. The molecular formula is C12H15ClFNOS. The van der Waals surface area contributed by atoms with Gasteiger partial charge in [0.05, 0.1) is 5.02 Å². The van der Waals surface area contributed by atoms with Crippen molar-refractivity contribution in [2.45, 2.75) is 25.4 Å². The normalized spacial score (nSPS) is 28.0. The second-order valence-corrected chi connectivity index (χ2v) is 6.91. The summed E-state index contributed by atoms with van der Waals surface area (Å²) in [5, 5.41) is 3.52. The predicted octanol–water partition coefficient (Wildman–Crippen LogP) is 2.65. The van der Waals surface area contributed by atoms with E-state index >= 15 is 0 Å². The summed E-state index contributed by atoms with van der Waals surface area (Å²) in [6.07, 6.45) is 0. The maximum Gasteiger partial charge on any atom is 0.141 e. The van der Waals surface area contributed by atoms with Crippen LogP contribution < -0.4 is 5.32 Å². The van der Waals surface area contributed by atoms with Gasteiger partial charge in [0.1, 0.15) is 5.82 Å². The third-order valence-corrected chi connectivity index (χ3v) is 4.82. The van der Waals surface area contributed by atoms with E-state index in [0.29, 0.717) is 11.5 Å². The molecule has 2 atom stereocenters. The molecular weight excluding hydrogens is 261 g/mol. The van der Waals surface area contributed by atoms with E-state index in [4.69, 9.17) is 11.6 Å². The Kier molecular flexibility index (Phi) is 3.57. The first-order chi connectivity index (χ1) is 7.87. The number of rotatable bonds is 1. The zero-order chi connectivity index (χ0) is 12.6. The number of halogens is 2. The average Bonchev–Trinajstić information content (AvgIpc) is 2.19. The van der Waals surface area contributed by atoms with Gasteiger partial charge in [-0.25, -0.2) is 4.39 Å². The van der Waals surface area contributed by atoms with Crippen molar-refractivity contribution >= 4 is 22.4 Å². The second kappa shape index (κ2) is 4.67. The molecule has 0 aromatic heterocycles. The van der Waals surface area contributed by atoms with E-state index in [2.05, 4.69) is 5.32 Å². The van der Waals surface area contributed by atoms with Crippen LogP contribution in [0.4, 0.5) is 4.39 Å². The summed E-state index contributed by atoms with van der Waals surface area (Å²) >= 11 is 5.76. The fraction of sp³-hybridized carbons (Fsp3) is 0.500. The summed E-state index contributed by atoms with van der Waals surface area (Å²) in [4.78, 5) is 0. The van der Waals surface area contributed by atoms with E-state index < -0.39 is 16.6 Å². The van der Waals surface area contributed by atoms with Crippen molar-refractivity contribution in [1.82, 2.24) is 5.32 Å². The molecule has 1 aliphatic heterocycles. The van der Waals surface area contributed by atoms with Crippen LogP contribution in [0.2, 0.25) is 5.02 Å². The third kappa shape index (κ3) is 3.06. The van der Waals surface area contributed by atoms with Crippen molar-refractivity contribution in [2.24, 2.45) is 0 Å². The van der Waals surface area contributed by atoms with Crippen LogP contribution in [0.15, 0.2) is 18.2 Å². The van der Waals surface area contributed by atoms with Gasteiger partial charge in [-0.2, -0.15) is 0 Å². The fourth-order valence-electron chi connectivity index (χ4n) is 2.11. The van der Waals surface area contributed by atoms with Crippen LogP contribution in [0.1, 0.15) is 25.5 Å².